The Morgan fingerprint density at radius 3 is 2.75 bits per heavy atom. The second-order valence-corrected chi connectivity index (χ2v) is 8.88. The quantitative estimate of drug-likeness (QED) is 0.581. The van der Waals surface area contributed by atoms with E-state index in [1.165, 1.54) is 5.56 Å². The van der Waals surface area contributed by atoms with E-state index in [1.54, 1.807) is 7.11 Å². The lowest BCUT2D eigenvalue weighted by Crippen LogP contribution is -2.43. The Morgan fingerprint density at radius 2 is 2.06 bits per heavy atom. The molecule has 7 heteroatoms. The lowest BCUT2D eigenvalue weighted by Gasteiger charge is -2.26. The Kier molecular flexibility index (Phi) is 8.52. The lowest BCUT2D eigenvalue weighted by atomic mass is 10.0. The van der Waals surface area contributed by atoms with Crippen LogP contribution < -0.4 is 10.2 Å². The van der Waals surface area contributed by atoms with E-state index in [0.717, 1.165) is 42.9 Å². The minimum Gasteiger partial charge on any atom is -0.383 e. The van der Waals surface area contributed by atoms with E-state index in [1.807, 2.05) is 18.2 Å². The van der Waals surface area contributed by atoms with Gasteiger partial charge in [-0.05, 0) is 48.7 Å². The van der Waals surface area contributed by atoms with Crippen molar-refractivity contribution in [1.29, 1.82) is 5.26 Å². The SMILES string of the molecule is COCCN(C)Cc1ccc(-c2cc(N3C[C@@H](C)C[C@H]3C(=O)NCC#N)ccc2Cl)cc1. The summed E-state index contributed by atoms with van der Waals surface area (Å²) in [5.41, 5.74) is 4.17. The summed E-state index contributed by atoms with van der Waals surface area (Å²) in [6, 6.07) is 16.0. The van der Waals surface area contributed by atoms with Gasteiger partial charge >= 0.3 is 0 Å². The molecule has 2 aromatic rings. The summed E-state index contributed by atoms with van der Waals surface area (Å²) in [7, 11) is 3.79. The topological polar surface area (TPSA) is 68.6 Å². The Morgan fingerprint density at radius 1 is 1.31 bits per heavy atom. The Hall–Kier alpha value is -2.59. The third kappa shape index (κ3) is 6.01. The number of ether oxygens (including phenoxy) is 1. The van der Waals surface area contributed by atoms with Crippen LogP contribution in [0.15, 0.2) is 42.5 Å². The molecule has 0 aromatic heterocycles. The first-order chi connectivity index (χ1) is 15.4. The van der Waals surface area contributed by atoms with E-state index in [-0.39, 0.29) is 18.5 Å². The normalized spacial score (nSPS) is 18.1. The molecule has 0 saturated carbocycles. The van der Waals surface area contributed by atoms with Gasteiger partial charge in [0.1, 0.15) is 12.6 Å². The van der Waals surface area contributed by atoms with Gasteiger partial charge in [0.2, 0.25) is 5.91 Å². The van der Waals surface area contributed by atoms with Crippen molar-refractivity contribution in [3.8, 4) is 17.2 Å². The zero-order valence-electron chi connectivity index (χ0n) is 19.0. The van der Waals surface area contributed by atoms with E-state index >= 15 is 0 Å². The van der Waals surface area contributed by atoms with Crippen LogP contribution in [0.1, 0.15) is 18.9 Å². The molecule has 6 nitrogen and oxygen atoms in total. The summed E-state index contributed by atoms with van der Waals surface area (Å²) in [6.45, 7) is 5.40. The number of hydrogen-bond donors (Lipinski definition) is 1. The fraction of sp³-hybridized carbons (Fsp3) is 0.440. The predicted octanol–water partition coefficient (Wildman–Crippen LogP) is 3.94. The summed E-state index contributed by atoms with van der Waals surface area (Å²) in [5, 5.41) is 12.2. The summed E-state index contributed by atoms with van der Waals surface area (Å²) in [5.74, 6) is 0.288. The van der Waals surface area contributed by atoms with Gasteiger partial charge in [0.25, 0.3) is 0 Å². The number of amides is 1. The number of carbonyl (C=O) groups is 1. The largest absolute Gasteiger partial charge is 0.383 e. The van der Waals surface area contributed by atoms with Gasteiger partial charge in [-0.1, -0.05) is 42.8 Å². The average Bonchev–Trinajstić information content (AvgIpc) is 3.18. The van der Waals surface area contributed by atoms with Crippen molar-refractivity contribution < 1.29 is 9.53 Å². The third-order valence-electron chi connectivity index (χ3n) is 5.83. The Bertz CT molecular complexity index is 957. The van der Waals surface area contributed by atoms with E-state index < -0.39 is 0 Å². The molecule has 1 N–H and O–H groups in total. The maximum atomic E-state index is 12.6. The molecule has 0 unspecified atom stereocenters. The minimum atomic E-state index is -0.280. The van der Waals surface area contributed by atoms with Gasteiger partial charge in [0, 0.05) is 43.0 Å². The smallest absolute Gasteiger partial charge is 0.243 e. The van der Waals surface area contributed by atoms with Crippen LogP contribution in [0.3, 0.4) is 0 Å². The number of hydrogen-bond acceptors (Lipinski definition) is 5. The molecule has 1 amide bonds. The van der Waals surface area contributed by atoms with Crippen molar-refractivity contribution in [2.45, 2.75) is 25.9 Å². The van der Waals surface area contributed by atoms with Crippen molar-refractivity contribution in [1.82, 2.24) is 10.2 Å². The van der Waals surface area contributed by atoms with Crippen molar-refractivity contribution in [3.63, 3.8) is 0 Å². The second-order valence-electron chi connectivity index (χ2n) is 8.48. The Labute approximate surface area is 195 Å². The van der Waals surface area contributed by atoms with Crippen LogP contribution in [0.4, 0.5) is 5.69 Å². The summed E-state index contributed by atoms with van der Waals surface area (Å²) in [4.78, 5) is 16.9. The van der Waals surface area contributed by atoms with E-state index in [2.05, 4.69) is 59.4 Å². The van der Waals surface area contributed by atoms with Crippen LogP contribution in [-0.4, -0.2) is 57.2 Å². The van der Waals surface area contributed by atoms with Gasteiger partial charge in [-0.15, -0.1) is 0 Å². The highest BCUT2D eigenvalue weighted by molar-refractivity contribution is 6.33. The molecule has 170 valence electrons. The van der Waals surface area contributed by atoms with Crippen LogP contribution in [0.25, 0.3) is 11.1 Å². The first-order valence-electron chi connectivity index (χ1n) is 10.9. The molecule has 1 saturated heterocycles. The highest BCUT2D eigenvalue weighted by Crippen LogP contribution is 2.36. The molecule has 1 heterocycles. The molecule has 2 atom stereocenters. The first kappa shape index (κ1) is 24.1. The molecule has 0 radical (unpaired) electrons. The van der Waals surface area contributed by atoms with Crippen molar-refractivity contribution in [3.05, 3.63) is 53.1 Å². The van der Waals surface area contributed by atoms with Gasteiger partial charge in [-0.25, -0.2) is 0 Å². The zero-order chi connectivity index (χ0) is 23.1. The Balaban J connectivity index is 1.79. The summed E-state index contributed by atoms with van der Waals surface area (Å²) < 4.78 is 5.14. The molecule has 32 heavy (non-hydrogen) atoms. The van der Waals surface area contributed by atoms with Gasteiger partial charge in [0.15, 0.2) is 0 Å². The molecule has 0 bridgehead atoms. The number of anilines is 1. The molecular weight excluding hydrogens is 424 g/mol. The third-order valence-corrected chi connectivity index (χ3v) is 6.16. The van der Waals surface area contributed by atoms with Gasteiger partial charge in [0.05, 0.1) is 12.7 Å². The molecule has 2 aromatic carbocycles. The minimum absolute atomic E-state index is 0.0242. The number of carbonyl (C=O) groups excluding carboxylic acids is 1. The first-order valence-corrected chi connectivity index (χ1v) is 11.3. The number of rotatable bonds is 9. The fourth-order valence-corrected chi connectivity index (χ4v) is 4.39. The molecule has 1 fully saturated rings. The van der Waals surface area contributed by atoms with Crippen molar-refractivity contribution in [2.24, 2.45) is 5.92 Å². The van der Waals surface area contributed by atoms with Crippen LogP contribution in [0.5, 0.6) is 0 Å². The van der Waals surface area contributed by atoms with E-state index in [9.17, 15) is 4.79 Å². The second kappa shape index (κ2) is 11.3. The number of nitrogens with zero attached hydrogens (tertiary/aromatic N) is 3. The number of likely N-dealkylation sites (N-methyl/N-ethyl adjacent to an activating group) is 1. The monoisotopic (exact) mass is 454 g/mol. The predicted molar refractivity (Wildman–Crippen MR) is 129 cm³/mol. The van der Waals surface area contributed by atoms with Crippen molar-refractivity contribution >= 4 is 23.2 Å². The van der Waals surface area contributed by atoms with Crippen LogP contribution in [0, 0.1) is 17.2 Å². The molecule has 0 aliphatic carbocycles. The fourth-order valence-electron chi connectivity index (χ4n) is 4.17. The molecule has 1 aliphatic heterocycles. The highest BCUT2D eigenvalue weighted by atomic mass is 35.5. The maximum Gasteiger partial charge on any atom is 0.243 e. The van der Waals surface area contributed by atoms with E-state index in [4.69, 9.17) is 21.6 Å². The number of nitrogens with one attached hydrogen (secondary N) is 1. The number of benzene rings is 2. The van der Waals surface area contributed by atoms with Gasteiger partial charge < -0.3 is 15.0 Å². The summed E-state index contributed by atoms with van der Waals surface area (Å²) in [6.07, 6.45) is 0.764. The molecule has 3 rings (SSSR count). The lowest BCUT2D eigenvalue weighted by molar-refractivity contribution is -0.122. The van der Waals surface area contributed by atoms with Gasteiger partial charge in [-0.3, -0.25) is 9.69 Å². The molecule has 1 aliphatic rings. The number of methoxy groups -OCH3 is 1. The molecule has 0 spiro atoms. The average molecular weight is 455 g/mol. The van der Waals surface area contributed by atoms with Crippen LogP contribution in [-0.2, 0) is 16.1 Å². The van der Waals surface area contributed by atoms with Gasteiger partial charge in [-0.2, -0.15) is 5.26 Å². The van der Waals surface area contributed by atoms with E-state index in [0.29, 0.717) is 17.5 Å². The number of halogens is 1. The van der Waals surface area contributed by atoms with Crippen molar-refractivity contribution in [2.75, 3.05) is 45.3 Å². The summed E-state index contributed by atoms with van der Waals surface area (Å²) >= 11 is 6.56. The molecular formula is C25H31ClN4O2. The van der Waals surface area contributed by atoms with Crippen LogP contribution in [0.2, 0.25) is 5.02 Å². The maximum absolute atomic E-state index is 12.6. The standard InChI is InChI=1S/C25H31ClN4O2/c1-18-14-24(25(31)28-11-10-27)30(16-18)21-8-9-23(26)22(15-21)20-6-4-19(5-7-20)17-29(2)12-13-32-3/h4-9,15,18,24H,11-14,16-17H2,1-3H3,(H,28,31)/t18-,24-/m0/s1. The van der Waals surface area contributed by atoms with Crippen LogP contribution >= 0.6 is 11.6 Å². The highest BCUT2D eigenvalue weighted by Gasteiger charge is 2.35. The zero-order valence-corrected chi connectivity index (χ0v) is 19.7. The number of nitriles is 1.